The number of hydrogen-bond acceptors (Lipinski definition) is 2. The molecule has 1 aromatic rings. The zero-order valence-electron chi connectivity index (χ0n) is 12.2. The Bertz CT molecular complexity index is 467. The fraction of sp³-hybridized carbons (Fsp3) is 0.562. The SMILES string of the molecule is CN(C(N)=NCC1CCN(c2ccccc2)C1)C1CC1. The zero-order valence-corrected chi connectivity index (χ0v) is 12.2. The van der Waals surface area contributed by atoms with Crippen LogP contribution in [0.5, 0.6) is 0 Å². The first-order valence-electron chi connectivity index (χ1n) is 7.57. The smallest absolute Gasteiger partial charge is 0.191 e. The van der Waals surface area contributed by atoms with Crippen LogP contribution in [0, 0.1) is 5.92 Å². The number of benzene rings is 1. The lowest BCUT2D eigenvalue weighted by atomic mass is 10.1. The van der Waals surface area contributed by atoms with Gasteiger partial charge in [0.05, 0.1) is 0 Å². The van der Waals surface area contributed by atoms with Gasteiger partial charge in [-0.3, -0.25) is 4.99 Å². The van der Waals surface area contributed by atoms with Gasteiger partial charge in [-0.2, -0.15) is 0 Å². The predicted octanol–water partition coefficient (Wildman–Crippen LogP) is 1.92. The minimum atomic E-state index is 0.626. The molecular weight excluding hydrogens is 248 g/mol. The van der Waals surface area contributed by atoms with E-state index < -0.39 is 0 Å². The second-order valence-electron chi connectivity index (χ2n) is 5.98. The van der Waals surface area contributed by atoms with Crippen LogP contribution in [0.4, 0.5) is 5.69 Å². The van der Waals surface area contributed by atoms with Gasteiger partial charge in [0.1, 0.15) is 0 Å². The number of aliphatic imine (C=N–C) groups is 1. The minimum absolute atomic E-state index is 0.626. The average Bonchev–Trinajstić information content (AvgIpc) is 3.23. The Morgan fingerprint density at radius 3 is 2.75 bits per heavy atom. The molecule has 1 atom stereocenters. The Labute approximate surface area is 121 Å². The average molecular weight is 272 g/mol. The molecular formula is C16H24N4. The first-order chi connectivity index (χ1) is 9.74. The molecule has 1 aromatic carbocycles. The largest absolute Gasteiger partial charge is 0.371 e. The molecule has 2 N–H and O–H groups in total. The number of para-hydroxylation sites is 1. The van der Waals surface area contributed by atoms with Gasteiger partial charge in [-0.15, -0.1) is 0 Å². The molecule has 2 fully saturated rings. The predicted molar refractivity (Wildman–Crippen MR) is 84.0 cm³/mol. The molecule has 108 valence electrons. The highest BCUT2D eigenvalue weighted by Crippen LogP contribution is 2.26. The molecule has 0 amide bonds. The van der Waals surface area contributed by atoms with Crippen LogP contribution in [0.25, 0.3) is 0 Å². The van der Waals surface area contributed by atoms with Crippen LogP contribution in [0.1, 0.15) is 19.3 Å². The van der Waals surface area contributed by atoms with E-state index in [0.717, 1.165) is 19.6 Å². The molecule has 1 saturated carbocycles. The maximum absolute atomic E-state index is 6.04. The maximum Gasteiger partial charge on any atom is 0.191 e. The van der Waals surface area contributed by atoms with Crippen molar-refractivity contribution in [1.29, 1.82) is 0 Å². The van der Waals surface area contributed by atoms with Crippen LogP contribution in [0.3, 0.4) is 0 Å². The molecule has 0 radical (unpaired) electrons. The molecule has 3 rings (SSSR count). The van der Waals surface area contributed by atoms with E-state index in [1.54, 1.807) is 0 Å². The van der Waals surface area contributed by atoms with Gasteiger partial charge in [-0.25, -0.2) is 0 Å². The Morgan fingerprint density at radius 1 is 1.30 bits per heavy atom. The lowest BCUT2D eigenvalue weighted by Gasteiger charge is -2.19. The summed E-state index contributed by atoms with van der Waals surface area (Å²) in [6.07, 6.45) is 3.73. The molecule has 4 nitrogen and oxygen atoms in total. The highest BCUT2D eigenvalue weighted by Gasteiger charge is 2.28. The van der Waals surface area contributed by atoms with Gasteiger partial charge in [0, 0.05) is 38.4 Å². The van der Waals surface area contributed by atoms with E-state index in [4.69, 9.17) is 5.73 Å². The molecule has 0 bridgehead atoms. The standard InChI is InChI=1S/C16H24N4/c1-19(14-7-8-14)16(17)18-11-13-9-10-20(12-13)15-5-3-2-4-6-15/h2-6,13-14H,7-12H2,1H3,(H2,17,18). The minimum Gasteiger partial charge on any atom is -0.371 e. The summed E-state index contributed by atoms with van der Waals surface area (Å²) in [5.74, 6) is 1.34. The lowest BCUT2D eigenvalue weighted by molar-refractivity contribution is 0.482. The zero-order chi connectivity index (χ0) is 13.9. The van der Waals surface area contributed by atoms with Gasteiger partial charge >= 0.3 is 0 Å². The third kappa shape index (κ3) is 3.06. The topological polar surface area (TPSA) is 44.9 Å². The molecule has 1 unspecified atom stereocenters. The summed E-state index contributed by atoms with van der Waals surface area (Å²) in [7, 11) is 2.06. The summed E-state index contributed by atoms with van der Waals surface area (Å²) in [4.78, 5) is 9.16. The second kappa shape index (κ2) is 5.73. The van der Waals surface area contributed by atoms with Crippen LogP contribution in [-0.4, -0.2) is 43.6 Å². The van der Waals surface area contributed by atoms with Gasteiger partial charge in [0.2, 0.25) is 0 Å². The monoisotopic (exact) mass is 272 g/mol. The molecule has 1 saturated heterocycles. The Morgan fingerprint density at radius 2 is 2.05 bits per heavy atom. The summed E-state index contributed by atoms with van der Waals surface area (Å²) in [6.45, 7) is 3.07. The number of nitrogens with two attached hydrogens (primary N) is 1. The fourth-order valence-electron chi connectivity index (χ4n) is 2.84. The summed E-state index contributed by atoms with van der Waals surface area (Å²) < 4.78 is 0. The van der Waals surface area contributed by atoms with Crippen molar-refractivity contribution < 1.29 is 0 Å². The van der Waals surface area contributed by atoms with Gasteiger partial charge in [0.25, 0.3) is 0 Å². The third-order valence-electron chi connectivity index (χ3n) is 4.37. The molecule has 0 spiro atoms. The van der Waals surface area contributed by atoms with Crippen molar-refractivity contribution in [1.82, 2.24) is 4.90 Å². The lowest BCUT2D eigenvalue weighted by Crippen LogP contribution is -2.36. The molecule has 1 aliphatic heterocycles. The van der Waals surface area contributed by atoms with Crippen LogP contribution in [-0.2, 0) is 0 Å². The third-order valence-corrected chi connectivity index (χ3v) is 4.37. The van der Waals surface area contributed by atoms with E-state index in [2.05, 4.69) is 52.2 Å². The van der Waals surface area contributed by atoms with Crippen molar-refractivity contribution in [3.8, 4) is 0 Å². The summed E-state index contributed by atoms with van der Waals surface area (Å²) in [5.41, 5.74) is 7.37. The number of nitrogens with zero attached hydrogens (tertiary/aromatic N) is 3. The van der Waals surface area contributed by atoms with E-state index >= 15 is 0 Å². The normalized spacial score (nSPS) is 23.1. The number of rotatable bonds is 4. The van der Waals surface area contributed by atoms with Crippen LogP contribution < -0.4 is 10.6 Å². The van der Waals surface area contributed by atoms with Crippen molar-refractivity contribution in [2.24, 2.45) is 16.6 Å². The first-order valence-corrected chi connectivity index (χ1v) is 7.57. The van der Waals surface area contributed by atoms with E-state index in [1.165, 1.54) is 24.9 Å². The van der Waals surface area contributed by atoms with Crippen molar-refractivity contribution in [2.45, 2.75) is 25.3 Å². The van der Waals surface area contributed by atoms with Crippen LogP contribution in [0.15, 0.2) is 35.3 Å². The Hall–Kier alpha value is -1.71. The summed E-state index contributed by atoms with van der Waals surface area (Å²) in [6, 6.07) is 11.3. The number of guanidine groups is 1. The number of hydrogen-bond donors (Lipinski definition) is 1. The quantitative estimate of drug-likeness (QED) is 0.673. The van der Waals surface area contributed by atoms with Gasteiger partial charge in [0.15, 0.2) is 5.96 Å². The molecule has 2 aliphatic rings. The molecule has 1 aliphatic carbocycles. The van der Waals surface area contributed by atoms with Gasteiger partial charge < -0.3 is 15.5 Å². The summed E-state index contributed by atoms with van der Waals surface area (Å²) in [5, 5.41) is 0. The van der Waals surface area contributed by atoms with Crippen molar-refractivity contribution in [2.75, 3.05) is 31.6 Å². The van der Waals surface area contributed by atoms with Crippen LogP contribution in [0.2, 0.25) is 0 Å². The van der Waals surface area contributed by atoms with E-state index in [9.17, 15) is 0 Å². The molecule has 4 heteroatoms. The maximum atomic E-state index is 6.04. The van der Waals surface area contributed by atoms with Crippen molar-refractivity contribution in [3.63, 3.8) is 0 Å². The van der Waals surface area contributed by atoms with Crippen LogP contribution >= 0.6 is 0 Å². The highest BCUT2D eigenvalue weighted by molar-refractivity contribution is 5.78. The first kappa shape index (κ1) is 13.3. The van der Waals surface area contributed by atoms with E-state index in [1.807, 2.05) is 0 Å². The Balaban J connectivity index is 1.51. The van der Waals surface area contributed by atoms with Crippen molar-refractivity contribution in [3.05, 3.63) is 30.3 Å². The fourth-order valence-corrected chi connectivity index (χ4v) is 2.84. The van der Waals surface area contributed by atoms with Crippen molar-refractivity contribution >= 4 is 11.6 Å². The Kier molecular flexibility index (Phi) is 3.81. The molecule has 20 heavy (non-hydrogen) atoms. The highest BCUT2D eigenvalue weighted by atomic mass is 15.3. The molecule has 1 heterocycles. The van der Waals surface area contributed by atoms with E-state index in [0.29, 0.717) is 17.9 Å². The van der Waals surface area contributed by atoms with Gasteiger partial charge in [-0.1, -0.05) is 18.2 Å². The molecule has 0 aromatic heterocycles. The summed E-state index contributed by atoms with van der Waals surface area (Å²) >= 11 is 0. The second-order valence-corrected chi connectivity index (χ2v) is 5.98. The van der Waals surface area contributed by atoms with Gasteiger partial charge in [-0.05, 0) is 37.3 Å². The number of anilines is 1. The van der Waals surface area contributed by atoms with E-state index in [-0.39, 0.29) is 0 Å².